The number of aliphatic hydroxyl groups is 1. The average molecular weight is 191 g/mol. The van der Waals surface area contributed by atoms with E-state index in [-0.39, 0.29) is 5.92 Å². The van der Waals surface area contributed by atoms with Crippen LogP contribution in [-0.4, -0.2) is 19.7 Å². The normalized spacial score (nSPS) is 13.7. The molecule has 0 aliphatic rings. The molecular formula is C10H13N3O. The second kappa shape index (κ2) is 3.38. The second-order valence-electron chi connectivity index (χ2n) is 3.69. The van der Waals surface area contributed by atoms with Crippen LogP contribution in [0.4, 0.5) is 0 Å². The molecule has 4 nitrogen and oxygen atoms in total. The van der Waals surface area contributed by atoms with Crippen molar-refractivity contribution in [2.45, 2.75) is 20.0 Å². The van der Waals surface area contributed by atoms with Crippen molar-refractivity contribution in [3.8, 4) is 0 Å². The standard InChI is InChI=1S/C10H13N3O/c1-7(2)10(14)8-5-12-13-4-3-11-6-9(8)13/h3-7,10,14H,1-2H3. The van der Waals surface area contributed by atoms with Gasteiger partial charge in [0.05, 0.1) is 24.0 Å². The molecule has 0 spiro atoms. The molecule has 2 aromatic rings. The topological polar surface area (TPSA) is 50.4 Å². The first-order valence-electron chi connectivity index (χ1n) is 4.65. The van der Waals surface area contributed by atoms with Gasteiger partial charge < -0.3 is 5.11 Å². The lowest BCUT2D eigenvalue weighted by molar-refractivity contribution is 0.128. The van der Waals surface area contributed by atoms with Crippen molar-refractivity contribution < 1.29 is 5.11 Å². The fraction of sp³-hybridized carbons (Fsp3) is 0.400. The Balaban J connectivity index is 2.53. The first-order chi connectivity index (χ1) is 6.70. The molecule has 1 atom stereocenters. The predicted octanol–water partition coefficient (Wildman–Crippen LogP) is 1.42. The van der Waals surface area contributed by atoms with Crippen molar-refractivity contribution in [2.24, 2.45) is 5.92 Å². The third kappa shape index (κ3) is 1.37. The minimum absolute atomic E-state index is 0.184. The van der Waals surface area contributed by atoms with Gasteiger partial charge in [-0.1, -0.05) is 13.8 Å². The van der Waals surface area contributed by atoms with E-state index < -0.39 is 6.10 Å². The molecule has 1 N–H and O–H groups in total. The summed E-state index contributed by atoms with van der Waals surface area (Å²) in [4.78, 5) is 4.02. The predicted molar refractivity (Wildman–Crippen MR) is 52.8 cm³/mol. The summed E-state index contributed by atoms with van der Waals surface area (Å²) in [6.45, 7) is 3.95. The van der Waals surface area contributed by atoms with Gasteiger partial charge in [0.1, 0.15) is 0 Å². The second-order valence-corrected chi connectivity index (χ2v) is 3.69. The Morgan fingerprint density at radius 3 is 2.86 bits per heavy atom. The number of rotatable bonds is 2. The maximum absolute atomic E-state index is 9.90. The van der Waals surface area contributed by atoms with Crippen LogP contribution in [0.1, 0.15) is 25.5 Å². The molecule has 0 aromatic carbocycles. The average Bonchev–Trinajstić information content (AvgIpc) is 2.60. The lowest BCUT2D eigenvalue weighted by Gasteiger charge is -2.12. The summed E-state index contributed by atoms with van der Waals surface area (Å²) in [5.41, 5.74) is 1.71. The summed E-state index contributed by atoms with van der Waals surface area (Å²) in [6.07, 6.45) is 6.38. The van der Waals surface area contributed by atoms with Gasteiger partial charge >= 0.3 is 0 Å². The van der Waals surface area contributed by atoms with E-state index in [2.05, 4.69) is 10.1 Å². The van der Waals surface area contributed by atoms with Crippen molar-refractivity contribution in [2.75, 3.05) is 0 Å². The van der Waals surface area contributed by atoms with Crippen molar-refractivity contribution >= 4 is 5.52 Å². The molecule has 0 aliphatic heterocycles. The van der Waals surface area contributed by atoms with E-state index in [1.807, 2.05) is 13.8 Å². The number of nitrogens with zero attached hydrogens (tertiary/aromatic N) is 3. The zero-order valence-electron chi connectivity index (χ0n) is 8.25. The Bertz CT molecular complexity index is 436. The fourth-order valence-corrected chi connectivity index (χ4v) is 1.44. The molecular weight excluding hydrogens is 178 g/mol. The third-order valence-electron chi connectivity index (χ3n) is 2.30. The molecule has 2 rings (SSSR count). The van der Waals surface area contributed by atoms with Crippen LogP contribution >= 0.6 is 0 Å². The molecule has 0 radical (unpaired) electrons. The smallest absolute Gasteiger partial charge is 0.0903 e. The van der Waals surface area contributed by atoms with Crippen LogP contribution in [-0.2, 0) is 0 Å². The van der Waals surface area contributed by atoms with Crippen molar-refractivity contribution in [1.29, 1.82) is 0 Å². The highest BCUT2D eigenvalue weighted by atomic mass is 16.3. The molecule has 0 saturated heterocycles. The molecule has 0 bridgehead atoms. The van der Waals surface area contributed by atoms with E-state index in [4.69, 9.17) is 0 Å². The van der Waals surface area contributed by atoms with Gasteiger partial charge in [-0.3, -0.25) is 4.98 Å². The Labute approximate surface area is 82.2 Å². The maximum Gasteiger partial charge on any atom is 0.0903 e. The Morgan fingerprint density at radius 2 is 2.14 bits per heavy atom. The lowest BCUT2D eigenvalue weighted by atomic mass is 10.0. The molecule has 74 valence electrons. The zero-order valence-corrected chi connectivity index (χ0v) is 8.25. The number of hydrogen-bond acceptors (Lipinski definition) is 3. The van der Waals surface area contributed by atoms with Gasteiger partial charge in [-0.2, -0.15) is 5.10 Å². The van der Waals surface area contributed by atoms with Crippen LogP contribution in [0.2, 0.25) is 0 Å². The highest BCUT2D eigenvalue weighted by Gasteiger charge is 2.16. The van der Waals surface area contributed by atoms with E-state index >= 15 is 0 Å². The van der Waals surface area contributed by atoms with Gasteiger partial charge in [-0.05, 0) is 5.92 Å². The third-order valence-corrected chi connectivity index (χ3v) is 2.30. The van der Waals surface area contributed by atoms with E-state index in [1.54, 1.807) is 29.3 Å². The Morgan fingerprint density at radius 1 is 1.36 bits per heavy atom. The summed E-state index contributed by atoms with van der Waals surface area (Å²) in [7, 11) is 0. The van der Waals surface area contributed by atoms with Crippen LogP contribution in [0.3, 0.4) is 0 Å². The molecule has 0 fully saturated rings. The molecule has 2 heterocycles. The highest BCUT2D eigenvalue weighted by Crippen LogP contribution is 2.24. The van der Waals surface area contributed by atoms with Crippen molar-refractivity contribution in [3.63, 3.8) is 0 Å². The first kappa shape index (κ1) is 9.15. The SMILES string of the molecule is CC(C)C(O)c1cnn2ccncc12. The number of fused-ring (bicyclic) bond motifs is 1. The number of hydrogen-bond donors (Lipinski definition) is 1. The first-order valence-corrected chi connectivity index (χ1v) is 4.65. The van der Waals surface area contributed by atoms with Crippen LogP contribution in [0, 0.1) is 5.92 Å². The zero-order chi connectivity index (χ0) is 10.1. The van der Waals surface area contributed by atoms with E-state index in [0.717, 1.165) is 11.1 Å². The summed E-state index contributed by atoms with van der Waals surface area (Å²) in [6, 6.07) is 0. The largest absolute Gasteiger partial charge is 0.388 e. The summed E-state index contributed by atoms with van der Waals surface area (Å²) in [5, 5.41) is 14.0. The van der Waals surface area contributed by atoms with Crippen LogP contribution in [0.5, 0.6) is 0 Å². The van der Waals surface area contributed by atoms with Gasteiger partial charge in [-0.25, -0.2) is 4.52 Å². The van der Waals surface area contributed by atoms with Crippen LogP contribution in [0.25, 0.3) is 5.52 Å². The van der Waals surface area contributed by atoms with E-state index in [0.29, 0.717) is 0 Å². The molecule has 0 amide bonds. The lowest BCUT2D eigenvalue weighted by Crippen LogP contribution is -2.04. The number of aromatic nitrogens is 3. The van der Waals surface area contributed by atoms with Crippen LogP contribution in [0.15, 0.2) is 24.8 Å². The van der Waals surface area contributed by atoms with Gasteiger partial charge in [-0.15, -0.1) is 0 Å². The van der Waals surface area contributed by atoms with Gasteiger partial charge in [0.2, 0.25) is 0 Å². The fourth-order valence-electron chi connectivity index (χ4n) is 1.44. The molecule has 1 unspecified atom stereocenters. The molecule has 0 saturated carbocycles. The van der Waals surface area contributed by atoms with Crippen molar-refractivity contribution in [1.82, 2.24) is 14.6 Å². The summed E-state index contributed by atoms with van der Waals surface area (Å²) >= 11 is 0. The van der Waals surface area contributed by atoms with Gasteiger partial charge in [0.15, 0.2) is 0 Å². The highest BCUT2D eigenvalue weighted by molar-refractivity contribution is 5.52. The summed E-state index contributed by atoms with van der Waals surface area (Å²) < 4.78 is 1.72. The number of aliphatic hydroxyl groups excluding tert-OH is 1. The minimum atomic E-state index is -0.475. The van der Waals surface area contributed by atoms with E-state index in [1.165, 1.54) is 0 Å². The van der Waals surface area contributed by atoms with Crippen molar-refractivity contribution in [3.05, 3.63) is 30.4 Å². The van der Waals surface area contributed by atoms with Gasteiger partial charge in [0, 0.05) is 18.0 Å². The monoisotopic (exact) mass is 191 g/mol. The molecule has 4 heteroatoms. The molecule has 14 heavy (non-hydrogen) atoms. The molecule has 0 aliphatic carbocycles. The minimum Gasteiger partial charge on any atom is -0.388 e. The van der Waals surface area contributed by atoms with Gasteiger partial charge in [0.25, 0.3) is 0 Å². The quantitative estimate of drug-likeness (QED) is 0.781. The van der Waals surface area contributed by atoms with E-state index in [9.17, 15) is 5.11 Å². The Hall–Kier alpha value is -1.42. The molecule has 2 aromatic heterocycles. The maximum atomic E-state index is 9.90. The Kier molecular flexibility index (Phi) is 2.21. The van der Waals surface area contributed by atoms with Crippen LogP contribution < -0.4 is 0 Å². The summed E-state index contributed by atoms with van der Waals surface area (Å²) in [5.74, 6) is 0.184.